The van der Waals surface area contributed by atoms with Crippen LogP contribution < -0.4 is 19.9 Å². The Morgan fingerprint density at radius 2 is 1.81 bits per heavy atom. The summed E-state index contributed by atoms with van der Waals surface area (Å²) in [7, 11) is 4.87. The molecular formula is C15H21N3O3. The summed E-state index contributed by atoms with van der Waals surface area (Å²) >= 11 is 0. The van der Waals surface area contributed by atoms with E-state index in [2.05, 4.69) is 9.89 Å². The van der Waals surface area contributed by atoms with Crippen LogP contribution in [0.3, 0.4) is 0 Å². The third-order valence-electron chi connectivity index (χ3n) is 4.06. The number of hydrogen-bond acceptors (Lipinski definition) is 6. The lowest BCUT2D eigenvalue weighted by Gasteiger charge is -2.28. The molecule has 2 N–H and O–H groups in total. The van der Waals surface area contributed by atoms with Gasteiger partial charge < -0.3 is 24.8 Å². The van der Waals surface area contributed by atoms with Gasteiger partial charge in [-0.25, -0.2) is 0 Å². The van der Waals surface area contributed by atoms with Crippen LogP contribution in [0.2, 0.25) is 0 Å². The number of rotatable bonds is 5. The molecule has 0 aromatic heterocycles. The summed E-state index contributed by atoms with van der Waals surface area (Å²) < 4.78 is 16.4. The van der Waals surface area contributed by atoms with Gasteiger partial charge in [-0.1, -0.05) is 0 Å². The van der Waals surface area contributed by atoms with Crippen LogP contribution in [0.25, 0.3) is 0 Å². The van der Waals surface area contributed by atoms with E-state index in [0.29, 0.717) is 35.8 Å². The minimum atomic E-state index is 0.104. The van der Waals surface area contributed by atoms with Crippen molar-refractivity contribution < 1.29 is 14.2 Å². The molecule has 1 aliphatic carbocycles. The van der Waals surface area contributed by atoms with Crippen molar-refractivity contribution in [1.82, 2.24) is 4.90 Å². The highest BCUT2D eigenvalue weighted by molar-refractivity contribution is 5.81. The summed E-state index contributed by atoms with van der Waals surface area (Å²) in [6.07, 6.45) is 2.34. The van der Waals surface area contributed by atoms with Gasteiger partial charge in [-0.3, -0.25) is 4.99 Å². The number of nitrogens with two attached hydrogens (primary N) is 1. The van der Waals surface area contributed by atoms with Crippen molar-refractivity contribution in [2.24, 2.45) is 10.7 Å². The van der Waals surface area contributed by atoms with Crippen molar-refractivity contribution in [2.75, 3.05) is 27.9 Å². The Labute approximate surface area is 124 Å². The van der Waals surface area contributed by atoms with Gasteiger partial charge in [0.1, 0.15) is 0 Å². The van der Waals surface area contributed by atoms with Crippen molar-refractivity contribution >= 4 is 5.96 Å². The molecule has 1 atom stereocenters. The van der Waals surface area contributed by atoms with E-state index >= 15 is 0 Å². The largest absolute Gasteiger partial charge is 0.493 e. The Morgan fingerprint density at radius 3 is 2.38 bits per heavy atom. The van der Waals surface area contributed by atoms with E-state index in [1.165, 1.54) is 12.8 Å². The van der Waals surface area contributed by atoms with Crippen LogP contribution in [0, 0.1) is 0 Å². The molecule has 6 heteroatoms. The summed E-state index contributed by atoms with van der Waals surface area (Å²) in [6, 6.07) is 4.51. The van der Waals surface area contributed by atoms with Crippen LogP contribution in [-0.4, -0.2) is 44.8 Å². The quantitative estimate of drug-likeness (QED) is 0.891. The van der Waals surface area contributed by atoms with E-state index in [4.69, 9.17) is 19.9 Å². The van der Waals surface area contributed by atoms with Gasteiger partial charge in [0.15, 0.2) is 17.5 Å². The van der Waals surface area contributed by atoms with Gasteiger partial charge in [0.2, 0.25) is 5.75 Å². The summed E-state index contributed by atoms with van der Waals surface area (Å²) in [4.78, 5) is 6.60. The highest BCUT2D eigenvalue weighted by Crippen LogP contribution is 2.46. The molecule has 1 aromatic rings. The smallest absolute Gasteiger partial charge is 0.203 e. The molecule has 0 spiro atoms. The molecule has 0 saturated heterocycles. The highest BCUT2D eigenvalue weighted by atomic mass is 16.5. The Morgan fingerprint density at radius 1 is 1.10 bits per heavy atom. The predicted molar refractivity (Wildman–Crippen MR) is 80.2 cm³/mol. The van der Waals surface area contributed by atoms with Gasteiger partial charge in [0, 0.05) is 11.6 Å². The second kappa shape index (κ2) is 5.35. The van der Waals surface area contributed by atoms with Gasteiger partial charge >= 0.3 is 0 Å². The summed E-state index contributed by atoms with van der Waals surface area (Å²) in [5.74, 6) is 2.58. The zero-order valence-electron chi connectivity index (χ0n) is 12.6. The second-order valence-electron chi connectivity index (χ2n) is 5.28. The Bertz CT molecular complexity index is 570. The SMILES string of the molecule is COc1ccc(C2CN=C(N)N2C2CC2)c(OC)c1OC. The lowest BCUT2D eigenvalue weighted by atomic mass is 10.0. The molecule has 1 aliphatic heterocycles. The number of aliphatic imine (C=N–C) groups is 1. The number of nitrogens with zero attached hydrogens (tertiary/aromatic N) is 2. The minimum absolute atomic E-state index is 0.104. The van der Waals surface area contributed by atoms with Gasteiger partial charge in [0.25, 0.3) is 0 Å². The number of methoxy groups -OCH3 is 3. The lowest BCUT2D eigenvalue weighted by molar-refractivity contribution is 0.300. The lowest BCUT2D eigenvalue weighted by Crippen LogP contribution is -2.37. The van der Waals surface area contributed by atoms with Gasteiger partial charge in [-0.15, -0.1) is 0 Å². The molecule has 0 amide bonds. The zero-order valence-corrected chi connectivity index (χ0v) is 12.6. The third kappa shape index (κ3) is 2.24. The first-order valence-corrected chi connectivity index (χ1v) is 7.08. The highest BCUT2D eigenvalue weighted by Gasteiger charge is 2.40. The maximum Gasteiger partial charge on any atom is 0.203 e. The van der Waals surface area contributed by atoms with Gasteiger partial charge in [-0.2, -0.15) is 0 Å². The Kier molecular flexibility index (Phi) is 3.53. The standard InChI is InChI=1S/C15H21N3O3/c1-19-12-7-6-10(13(20-2)14(12)21-3)11-8-17-15(16)18(11)9-4-5-9/h6-7,9,11H,4-5,8H2,1-3H3,(H2,16,17). The minimum Gasteiger partial charge on any atom is -0.493 e. The predicted octanol–water partition coefficient (Wildman–Crippen LogP) is 1.55. The normalized spacial score (nSPS) is 21.2. The average Bonchev–Trinajstić information content (AvgIpc) is 3.28. The monoisotopic (exact) mass is 291 g/mol. The third-order valence-corrected chi connectivity index (χ3v) is 4.06. The summed E-state index contributed by atoms with van der Waals surface area (Å²) in [5.41, 5.74) is 7.08. The van der Waals surface area contributed by atoms with E-state index in [1.54, 1.807) is 21.3 Å². The molecule has 1 saturated carbocycles. The maximum absolute atomic E-state index is 6.04. The Balaban J connectivity index is 2.02. The van der Waals surface area contributed by atoms with Crippen molar-refractivity contribution in [3.05, 3.63) is 17.7 Å². The van der Waals surface area contributed by atoms with Crippen molar-refractivity contribution in [3.63, 3.8) is 0 Å². The molecule has 3 rings (SSSR count). The number of benzene rings is 1. The topological polar surface area (TPSA) is 69.3 Å². The van der Waals surface area contributed by atoms with Gasteiger partial charge in [-0.05, 0) is 25.0 Å². The first-order valence-electron chi connectivity index (χ1n) is 7.08. The van der Waals surface area contributed by atoms with E-state index in [-0.39, 0.29) is 6.04 Å². The van der Waals surface area contributed by atoms with Crippen LogP contribution in [0.1, 0.15) is 24.4 Å². The van der Waals surface area contributed by atoms with Crippen molar-refractivity contribution in [3.8, 4) is 17.2 Å². The number of ether oxygens (including phenoxy) is 3. The van der Waals surface area contributed by atoms with Gasteiger partial charge in [0.05, 0.1) is 33.9 Å². The molecule has 1 unspecified atom stereocenters. The maximum atomic E-state index is 6.04. The molecular weight excluding hydrogens is 270 g/mol. The Hall–Kier alpha value is -2.11. The molecule has 1 heterocycles. The fourth-order valence-corrected chi connectivity index (χ4v) is 2.94. The first-order chi connectivity index (χ1) is 10.2. The summed E-state index contributed by atoms with van der Waals surface area (Å²) in [5, 5.41) is 0. The van der Waals surface area contributed by atoms with E-state index in [1.807, 2.05) is 12.1 Å². The van der Waals surface area contributed by atoms with Crippen LogP contribution in [-0.2, 0) is 0 Å². The van der Waals surface area contributed by atoms with E-state index < -0.39 is 0 Å². The number of hydrogen-bond donors (Lipinski definition) is 1. The van der Waals surface area contributed by atoms with Crippen LogP contribution >= 0.6 is 0 Å². The average molecular weight is 291 g/mol. The molecule has 1 aromatic carbocycles. The van der Waals surface area contributed by atoms with Crippen LogP contribution in [0.15, 0.2) is 17.1 Å². The molecule has 114 valence electrons. The molecule has 0 bridgehead atoms. The molecule has 21 heavy (non-hydrogen) atoms. The van der Waals surface area contributed by atoms with E-state index in [0.717, 1.165) is 5.56 Å². The van der Waals surface area contributed by atoms with Crippen molar-refractivity contribution in [1.29, 1.82) is 0 Å². The fourth-order valence-electron chi connectivity index (χ4n) is 2.94. The second-order valence-corrected chi connectivity index (χ2v) is 5.28. The first kappa shape index (κ1) is 13.9. The molecule has 0 radical (unpaired) electrons. The van der Waals surface area contributed by atoms with Crippen molar-refractivity contribution in [2.45, 2.75) is 24.9 Å². The summed E-state index contributed by atoms with van der Waals surface area (Å²) in [6.45, 7) is 0.647. The number of guanidine groups is 1. The zero-order chi connectivity index (χ0) is 15.0. The molecule has 6 nitrogen and oxygen atoms in total. The van der Waals surface area contributed by atoms with E-state index in [9.17, 15) is 0 Å². The fraction of sp³-hybridized carbons (Fsp3) is 0.533. The molecule has 1 fully saturated rings. The van der Waals surface area contributed by atoms with Crippen LogP contribution in [0.5, 0.6) is 17.2 Å². The van der Waals surface area contributed by atoms with Crippen LogP contribution in [0.4, 0.5) is 0 Å². The molecule has 2 aliphatic rings.